The molecule has 0 unspecified atom stereocenters. The Labute approximate surface area is 131 Å². The van der Waals surface area contributed by atoms with Gasteiger partial charge in [0.05, 0.1) is 10.7 Å². The van der Waals surface area contributed by atoms with Gasteiger partial charge < -0.3 is 15.5 Å². The average molecular weight is 310 g/mol. The van der Waals surface area contributed by atoms with Crippen molar-refractivity contribution in [3.63, 3.8) is 0 Å². The number of thiazole rings is 1. The molecule has 0 radical (unpaired) electrons. The molecule has 2 rings (SSSR count). The Morgan fingerprint density at radius 1 is 1.43 bits per heavy atom. The maximum Gasteiger partial charge on any atom is 0.263 e. The number of nitrogens with zero attached hydrogens (tertiary/aromatic N) is 2. The molecule has 5 nitrogen and oxygen atoms in total. The van der Waals surface area contributed by atoms with Crippen molar-refractivity contribution in [2.75, 3.05) is 39.3 Å². The zero-order chi connectivity index (χ0) is 15.1. The van der Waals surface area contributed by atoms with Gasteiger partial charge in [0.25, 0.3) is 5.91 Å². The summed E-state index contributed by atoms with van der Waals surface area (Å²) in [4.78, 5) is 19.9. The molecule has 1 fully saturated rings. The molecule has 21 heavy (non-hydrogen) atoms. The maximum absolute atomic E-state index is 12.2. The van der Waals surface area contributed by atoms with Crippen LogP contribution in [0.25, 0.3) is 0 Å². The Bertz CT molecular complexity index is 455. The first kappa shape index (κ1) is 16.4. The number of carbonyl (C=O) groups excluding carboxylic acids is 1. The van der Waals surface area contributed by atoms with Gasteiger partial charge in [-0.1, -0.05) is 6.92 Å². The number of piperazine rings is 1. The van der Waals surface area contributed by atoms with E-state index in [-0.39, 0.29) is 5.91 Å². The lowest BCUT2D eigenvalue weighted by Gasteiger charge is -2.27. The fourth-order valence-corrected chi connectivity index (χ4v) is 3.59. The molecule has 118 valence electrons. The zero-order valence-electron chi connectivity index (χ0n) is 13.1. The van der Waals surface area contributed by atoms with Crippen molar-refractivity contribution < 1.29 is 4.79 Å². The third-order valence-electron chi connectivity index (χ3n) is 3.66. The molecule has 1 aromatic rings. The number of nitrogens with one attached hydrogen (secondary N) is 2. The predicted molar refractivity (Wildman–Crippen MR) is 87.1 cm³/mol. The minimum Gasteiger partial charge on any atom is -0.351 e. The standard InChI is InChI=1S/C15H26N4OS/c1-3-5-13-18-12(2)14(21-13)15(20)17-6-4-9-19-10-7-16-8-11-19/h16H,3-11H2,1-2H3,(H,17,20). The number of amides is 1. The molecule has 0 aliphatic carbocycles. The highest BCUT2D eigenvalue weighted by atomic mass is 32.1. The molecular formula is C15H26N4OS. The number of aryl methyl sites for hydroxylation is 2. The van der Waals surface area contributed by atoms with Crippen molar-refractivity contribution >= 4 is 17.2 Å². The Morgan fingerprint density at radius 2 is 2.19 bits per heavy atom. The summed E-state index contributed by atoms with van der Waals surface area (Å²) in [5, 5.41) is 7.44. The highest BCUT2D eigenvalue weighted by molar-refractivity contribution is 7.13. The van der Waals surface area contributed by atoms with Crippen LogP contribution in [0.2, 0.25) is 0 Å². The van der Waals surface area contributed by atoms with E-state index in [1.54, 1.807) is 0 Å². The number of hydrogen-bond donors (Lipinski definition) is 2. The van der Waals surface area contributed by atoms with Gasteiger partial charge in [0, 0.05) is 32.7 Å². The lowest BCUT2D eigenvalue weighted by Crippen LogP contribution is -2.44. The van der Waals surface area contributed by atoms with Crippen LogP contribution in [0.15, 0.2) is 0 Å². The molecule has 1 aromatic heterocycles. The van der Waals surface area contributed by atoms with Gasteiger partial charge in [0.1, 0.15) is 4.88 Å². The van der Waals surface area contributed by atoms with Crippen LogP contribution >= 0.6 is 11.3 Å². The quantitative estimate of drug-likeness (QED) is 0.748. The SMILES string of the molecule is CCCc1nc(C)c(C(=O)NCCCN2CCNCC2)s1. The second-order valence-corrected chi connectivity index (χ2v) is 6.56. The van der Waals surface area contributed by atoms with E-state index in [0.717, 1.165) is 74.1 Å². The second-order valence-electron chi connectivity index (χ2n) is 5.47. The smallest absolute Gasteiger partial charge is 0.263 e. The van der Waals surface area contributed by atoms with Crippen molar-refractivity contribution in [3.05, 3.63) is 15.6 Å². The summed E-state index contributed by atoms with van der Waals surface area (Å²) in [6, 6.07) is 0. The van der Waals surface area contributed by atoms with Gasteiger partial charge in [-0.3, -0.25) is 4.79 Å². The van der Waals surface area contributed by atoms with E-state index < -0.39 is 0 Å². The summed E-state index contributed by atoms with van der Waals surface area (Å²) < 4.78 is 0. The zero-order valence-corrected chi connectivity index (χ0v) is 13.9. The fourth-order valence-electron chi connectivity index (χ4n) is 2.50. The minimum absolute atomic E-state index is 0.0349. The third kappa shape index (κ3) is 5.05. The van der Waals surface area contributed by atoms with Crippen LogP contribution in [-0.2, 0) is 6.42 Å². The van der Waals surface area contributed by atoms with E-state index in [2.05, 4.69) is 27.4 Å². The van der Waals surface area contributed by atoms with E-state index in [1.807, 2.05) is 6.92 Å². The summed E-state index contributed by atoms with van der Waals surface area (Å²) >= 11 is 1.54. The lowest BCUT2D eigenvalue weighted by molar-refractivity contribution is 0.0954. The van der Waals surface area contributed by atoms with Crippen molar-refractivity contribution in [1.29, 1.82) is 0 Å². The minimum atomic E-state index is 0.0349. The van der Waals surface area contributed by atoms with Crippen LogP contribution in [0.1, 0.15) is 40.1 Å². The van der Waals surface area contributed by atoms with Crippen LogP contribution < -0.4 is 10.6 Å². The molecule has 1 amide bonds. The van der Waals surface area contributed by atoms with Crippen molar-refractivity contribution in [2.45, 2.75) is 33.1 Å². The van der Waals surface area contributed by atoms with Crippen LogP contribution in [0.5, 0.6) is 0 Å². The second kappa shape index (κ2) is 8.46. The number of aromatic nitrogens is 1. The molecule has 0 bridgehead atoms. The number of carbonyl (C=O) groups is 1. The van der Waals surface area contributed by atoms with Gasteiger partial charge in [0.2, 0.25) is 0 Å². The molecule has 2 heterocycles. The highest BCUT2D eigenvalue weighted by Crippen LogP contribution is 2.19. The van der Waals surface area contributed by atoms with Gasteiger partial charge >= 0.3 is 0 Å². The van der Waals surface area contributed by atoms with Crippen LogP contribution in [0.3, 0.4) is 0 Å². The topological polar surface area (TPSA) is 57.3 Å². The predicted octanol–water partition coefficient (Wildman–Crippen LogP) is 1.43. The van der Waals surface area contributed by atoms with Gasteiger partial charge in [-0.05, 0) is 32.7 Å². The summed E-state index contributed by atoms with van der Waals surface area (Å²) in [5.41, 5.74) is 0.864. The lowest BCUT2D eigenvalue weighted by atomic mass is 10.3. The summed E-state index contributed by atoms with van der Waals surface area (Å²) in [6.45, 7) is 10.2. The Kier molecular flexibility index (Phi) is 6.60. The number of hydrogen-bond acceptors (Lipinski definition) is 5. The molecule has 6 heteroatoms. The maximum atomic E-state index is 12.2. The van der Waals surface area contributed by atoms with Crippen molar-refractivity contribution in [2.24, 2.45) is 0 Å². The van der Waals surface area contributed by atoms with Crippen molar-refractivity contribution in [1.82, 2.24) is 20.5 Å². The normalized spacial score (nSPS) is 16.1. The number of rotatable bonds is 7. The molecule has 1 aliphatic heterocycles. The third-order valence-corrected chi connectivity index (χ3v) is 4.87. The van der Waals surface area contributed by atoms with Crippen LogP contribution in [-0.4, -0.2) is 55.1 Å². The first-order valence-corrected chi connectivity index (χ1v) is 8.70. The highest BCUT2D eigenvalue weighted by Gasteiger charge is 2.14. The van der Waals surface area contributed by atoms with Gasteiger partial charge in [-0.25, -0.2) is 4.98 Å². The Morgan fingerprint density at radius 3 is 2.90 bits per heavy atom. The summed E-state index contributed by atoms with van der Waals surface area (Å²) in [5.74, 6) is 0.0349. The summed E-state index contributed by atoms with van der Waals surface area (Å²) in [7, 11) is 0. The van der Waals surface area contributed by atoms with E-state index in [1.165, 1.54) is 11.3 Å². The van der Waals surface area contributed by atoms with Gasteiger partial charge in [-0.2, -0.15) is 0 Å². The largest absolute Gasteiger partial charge is 0.351 e. The monoisotopic (exact) mass is 310 g/mol. The summed E-state index contributed by atoms with van der Waals surface area (Å²) in [6.07, 6.45) is 3.03. The first-order chi connectivity index (χ1) is 10.2. The van der Waals surface area contributed by atoms with Gasteiger partial charge in [0.15, 0.2) is 0 Å². The molecule has 0 aromatic carbocycles. The molecule has 1 saturated heterocycles. The fraction of sp³-hybridized carbons (Fsp3) is 0.733. The molecule has 0 atom stereocenters. The average Bonchev–Trinajstić information content (AvgIpc) is 2.86. The molecule has 1 aliphatic rings. The van der Waals surface area contributed by atoms with Crippen LogP contribution in [0.4, 0.5) is 0 Å². The first-order valence-electron chi connectivity index (χ1n) is 7.88. The molecule has 0 saturated carbocycles. The molecule has 2 N–H and O–H groups in total. The van der Waals surface area contributed by atoms with E-state index >= 15 is 0 Å². The Balaban J connectivity index is 1.71. The Hall–Kier alpha value is -0.980. The van der Waals surface area contributed by atoms with Crippen molar-refractivity contribution in [3.8, 4) is 0 Å². The van der Waals surface area contributed by atoms with Gasteiger partial charge in [-0.15, -0.1) is 11.3 Å². The molecular weight excluding hydrogens is 284 g/mol. The van der Waals surface area contributed by atoms with Crippen LogP contribution in [0, 0.1) is 6.92 Å². The molecule has 0 spiro atoms. The van der Waals surface area contributed by atoms with E-state index in [4.69, 9.17) is 0 Å². The van der Waals surface area contributed by atoms with E-state index in [0.29, 0.717) is 0 Å². The van der Waals surface area contributed by atoms with E-state index in [9.17, 15) is 4.79 Å².